The van der Waals surface area contributed by atoms with Crippen LogP contribution in [-0.4, -0.2) is 49.9 Å². The van der Waals surface area contributed by atoms with Gasteiger partial charge < -0.3 is 19.0 Å². The van der Waals surface area contributed by atoms with E-state index in [9.17, 15) is 9.90 Å². The lowest BCUT2D eigenvalue weighted by atomic mass is 10.1. The zero-order chi connectivity index (χ0) is 23.6. The highest BCUT2D eigenvalue weighted by Gasteiger charge is 2.53. The van der Waals surface area contributed by atoms with Gasteiger partial charge in [-0.25, -0.2) is 0 Å². The van der Waals surface area contributed by atoms with Crippen LogP contribution >= 0.6 is 0 Å². The molecule has 0 radical (unpaired) electrons. The zero-order valence-electron chi connectivity index (χ0n) is 20.0. The highest BCUT2D eigenvalue weighted by Crippen LogP contribution is 2.38. The molecule has 0 saturated carbocycles. The predicted octanol–water partition coefficient (Wildman–Crippen LogP) is 3.42. The summed E-state index contributed by atoms with van der Waals surface area (Å²) in [5.74, 6) is -0.424. The Morgan fingerprint density at radius 3 is 1.91 bits per heavy atom. The van der Waals surface area contributed by atoms with Crippen LogP contribution in [-0.2, 0) is 18.7 Å². The summed E-state index contributed by atoms with van der Waals surface area (Å²) in [5, 5.41) is 12.7. The predicted molar refractivity (Wildman–Crippen MR) is 129 cm³/mol. The minimum Gasteiger partial charge on any atom is -0.460 e. The van der Waals surface area contributed by atoms with Crippen molar-refractivity contribution in [3.8, 4) is 0 Å². The average Bonchev–Trinajstić information content (AvgIpc) is 3.47. The summed E-state index contributed by atoms with van der Waals surface area (Å²) in [6.45, 7) is 12.5. The number of hydrogen-bond donors (Lipinski definition) is 1. The smallest absolute Gasteiger partial charge is 0.309 e. The molecular weight excluding hydrogens is 420 g/mol. The van der Waals surface area contributed by atoms with Crippen molar-refractivity contribution in [1.82, 2.24) is 0 Å². The van der Waals surface area contributed by atoms with Crippen LogP contribution in [0.2, 0.25) is 5.04 Å². The van der Waals surface area contributed by atoms with Crippen LogP contribution in [0, 0.1) is 0 Å². The molecular formula is C26H36O5Si. The van der Waals surface area contributed by atoms with Crippen molar-refractivity contribution >= 4 is 24.7 Å². The maximum Gasteiger partial charge on any atom is 0.309 e. The molecule has 2 aromatic rings. The maximum absolute atomic E-state index is 12.1. The molecule has 6 heteroatoms. The number of ether oxygens (including phenoxy) is 2. The molecule has 2 aromatic carbocycles. The molecule has 1 aliphatic heterocycles. The summed E-state index contributed by atoms with van der Waals surface area (Å²) in [6.07, 6.45) is -1.65. The Bertz CT molecular complexity index is 846. The lowest BCUT2D eigenvalue weighted by Crippen LogP contribution is -2.66. The number of esters is 1. The summed E-state index contributed by atoms with van der Waals surface area (Å²) in [4.78, 5) is 12.1. The van der Waals surface area contributed by atoms with Gasteiger partial charge in [-0.05, 0) is 36.2 Å². The normalized spacial score (nSPS) is 20.0. The maximum atomic E-state index is 12.1. The van der Waals surface area contributed by atoms with Gasteiger partial charge in [-0.15, -0.1) is 0 Å². The van der Waals surface area contributed by atoms with Crippen LogP contribution in [0.25, 0.3) is 0 Å². The Balaban J connectivity index is 1.76. The van der Waals surface area contributed by atoms with E-state index in [2.05, 4.69) is 69.3 Å². The topological polar surface area (TPSA) is 68.3 Å². The molecule has 3 rings (SSSR count). The molecule has 32 heavy (non-hydrogen) atoms. The average molecular weight is 457 g/mol. The van der Waals surface area contributed by atoms with Crippen LogP contribution in [0.3, 0.4) is 0 Å². The summed E-state index contributed by atoms with van der Waals surface area (Å²) in [6, 6.07) is 20.8. The van der Waals surface area contributed by atoms with Crippen molar-refractivity contribution in [1.29, 1.82) is 0 Å². The first-order valence-corrected chi connectivity index (χ1v) is 13.2. The second-order valence-corrected chi connectivity index (χ2v) is 14.8. The van der Waals surface area contributed by atoms with Crippen molar-refractivity contribution in [3.05, 3.63) is 60.7 Å². The molecule has 1 saturated heterocycles. The Labute approximate surface area is 192 Å². The number of carbonyl (C=O) groups excluding carboxylic acids is 1. The van der Waals surface area contributed by atoms with Crippen LogP contribution in [0.1, 0.15) is 48.0 Å². The number of epoxide rings is 1. The molecule has 0 bridgehead atoms. The van der Waals surface area contributed by atoms with Gasteiger partial charge in [-0.1, -0.05) is 81.4 Å². The van der Waals surface area contributed by atoms with Crippen LogP contribution in [0.15, 0.2) is 60.7 Å². The van der Waals surface area contributed by atoms with E-state index in [-0.39, 0.29) is 17.6 Å². The third kappa shape index (κ3) is 5.67. The van der Waals surface area contributed by atoms with Gasteiger partial charge >= 0.3 is 5.97 Å². The van der Waals surface area contributed by atoms with Crippen LogP contribution < -0.4 is 10.4 Å². The Hall–Kier alpha value is -1.99. The third-order valence-corrected chi connectivity index (χ3v) is 10.7. The van der Waals surface area contributed by atoms with Crippen molar-refractivity contribution in [2.24, 2.45) is 0 Å². The van der Waals surface area contributed by atoms with Gasteiger partial charge in [0.05, 0.1) is 19.1 Å². The molecule has 0 spiro atoms. The molecule has 1 aliphatic rings. The minimum atomic E-state index is -2.65. The number of rotatable bonds is 8. The zero-order valence-corrected chi connectivity index (χ0v) is 21.0. The molecule has 1 fully saturated rings. The van der Waals surface area contributed by atoms with Gasteiger partial charge in [0.1, 0.15) is 17.8 Å². The third-order valence-electron chi connectivity index (χ3n) is 5.68. The van der Waals surface area contributed by atoms with E-state index in [4.69, 9.17) is 13.9 Å². The molecule has 3 atom stereocenters. The quantitative estimate of drug-likeness (QED) is 0.374. The van der Waals surface area contributed by atoms with Crippen LogP contribution in [0.4, 0.5) is 0 Å². The van der Waals surface area contributed by atoms with E-state index in [0.29, 0.717) is 6.61 Å². The lowest BCUT2D eigenvalue weighted by Gasteiger charge is -2.43. The minimum absolute atomic E-state index is 0.0857. The number of aliphatic hydroxyl groups is 1. The summed E-state index contributed by atoms with van der Waals surface area (Å²) in [7, 11) is -2.65. The highest BCUT2D eigenvalue weighted by atomic mass is 28.4. The standard InChI is InChI=1S/C26H36O5Si/c1-25(2,3)31-23(28)17-21(27)24-22(30-24)18-29-32(26(4,5)6,19-13-9-7-10-14-19)20-15-11-8-12-16-20/h7-16,21-22,24,27H,17-18H2,1-6H3/t21-,22-,24-/m1/s1. The highest BCUT2D eigenvalue weighted by molar-refractivity contribution is 6.99. The Morgan fingerprint density at radius 2 is 1.47 bits per heavy atom. The fourth-order valence-corrected chi connectivity index (χ4v) is 8.84. The Morgan fingerprint density at radius 1 is 0.969 bits per heavy atom. The van der Waals surface area contributed by atoms with Crippen molar-refractivity contribution in [2.75, 3.05) is 6.61 Å². The van der Waals surface area contributed by atoms with Gasteiger partial charge in [0.25, 0.3) is 8.32 Å². The lowest BCUT2D eigenvalue weighted by molar-refractivity contribution is -0.157. The largest absolute Gasteiger partial charge is 0.460 e. The van der Waals surface area contributed by atoms with Gasteiger partial charge in [-0.2, -0.15) is 0 Å². The number of benzene rings is 2. The first-order chi connectivity index (χ1) is 14.9. The molecule has 0 amide bonds. The van der Waals surface area contributed by atoms with Crippen molar-refractivity contribution in [3.63, 3.8) is 0 Å². The fraction of sp³-hybridized carbons (Fsp3) is 0.500. The monoisotopic (exact) mass is 456 g/mol. The van der Waals surface area contributed by atoms with Gasteiger partial charge in [0.15, 0.2) is 0 Å². The van der Waals surface area contributed by atoms with Crippen molar-refractivity contribution < 1.29 is 23.8 Å². The first-order valence-electron chi connectivity index (χ1n) is 11.2. The number of carbonyl (C=O) groups is 1. The summed E-state index contributed by atoms with van der Waals surface area (Å²) >= 11 is 0. The SMILES string of the molecule is CC(C)(C)OC(=O)C[C@@H](O)[C@H]1O[C@@H]1CO[Si](c1ccccc1)(c1ccccc1)C(C)(C)C. The van der Waals surface area contributed by atoms with Gasteiger partial charge in [0.2, 0.25) is 0 Å². The van der Waals surface area contributed by atoms with Gasteiger partial charge in [-0.3, -0.25) is 4.79 Å². The van der Waals surface area contributed by atoms with E-state index < -0.39 is 32.1 Å². The van der Waals surface area contributed by atoms with E-state index in [1.54, 1.807) is 0 Å². The molecule has 1 heterocycles. The van der Waals surface area contributed by atoms with E-state index >= 15 is 0 Å². The number of aliphatic hydroxyl groups excluding tert-OH is 1. The van der Waals surface area contributed by atoms with E-state index in [0.717, 1.165) is 0 Å². The van der Waals surface area contributed by atoms with Crippen LogP contribution in [0.5, 0.6) is 0 Å². The summed E-state index contributed by atoms with van der Waals surface area (Å²) < 4.78 is 17.9. The van der Waals surface area contributed by atoms with Gasteiger partial charge in [0, 0.05) is 0 Å². The number of hydrogen-bond acceptors (Lipinski definition) is 5. The molecule has 0 aliphatic carbocycles. The van der Waals surface area contributed by atoms with Crippen molar-refractivity contribution in [2.45, 2.75) is 76.9 Å². The Kier molecular flexibility index (Phi) is 7.30. The first kappa shape index (κ1) is 24.6. The molecule has 0 aromatic heterocycles. The van der Waals surface area contributed by atoms with E-state index in [1.807, 2.05) is 32.9 Å². The molecule has 0 unspecified atom stereocenters. The second kappa shape index (κ2) is 9.47. The molecule has 174 valence electrons. The van der Waals surface area contributed by atoms with E-state index in [1.165, 1.54) is 10.4 Å². The summed E-state index contributed by atoms with van der Waals surface area (Å²) in [5.41, 5.74) is -0.576. The molecule has 1 N–H and O–H groups in total. The second-order valence-electron chi connectivity index (χ2n) is 10.5. The fourth-order valence-electron chi connectivity index (χ4n) is 4.27. The molecule has 5 nitrogen and oxygen atoms in total.